The van der Waals surface area contributed by atoms with Gasteiger partial charge < -0.3 is 20.5 Å². The van der Waals surface area contributed by atoms with Crippen molar-refractivity contribution in [3.63, 3.8) is 0 Å². The molecule has 0 aliphatic heterocycles. The van der Waals surface area contributed by atoms with Crippen LogP contribution < -0.4 is 26.2 Å². The molecule has 12 nitrogen and oxygen atoms in total. The summed E-state index contributed by atoms with van der Waals surface area (Å²) >= 11 is 0. The predicted octanol–water partition coefficient (Wildman–Crippen LogP) is 2.47. The van der Waals surface area contributed by atoms with Gasteiger partial charge in [-0.2, -0.15) is 0 Å². The summed E-state index contributed by atoms with van der Waals surface area (Å²) in [4.78, 5) is 32.6. The third kappa shape index (κ3) is 5.92. The van der Waals surface area contributed by atoms with Gasteiger partial charge in [-0.15, -0.1) is 9.78 Å². The summed E-state index contributed by atoms with van der Waals surface area (Å²) in [7, 11) is 1.52. The molecule has 37 heavy (non-hydrogen) atoms. The Balaban J connectivity index is 1.73. The van der Waals surface area contributed by atoms with Crippen molar-refractivity contribution in [2.24, 2.45) is 10.7 Å². The number of aromatic nitrogens is 6. The molecule has 4 rings (SSSR count). The van der Waals surface area contributed by atoms with Crippen LogP contribution in [0.4, 0.5) is 5.69 Å². The van der Waals surface area contributed by atoms with Gasteiger partial charge in [-0.1, -0.05) is 6.92 Å². The van der Waals surface area contributed by atoms with Crippen molar-refractivity contribution in [1.29, 1.82) is 0 Å². The SMILES string of the molecule is CCCN=C(N)c1ccc(NC(c2cnc(OC)c(OCC)c2)c2nn(-c3ncccn3)c(=O)[nH]2)cc1. The fourth-order valence-electron chi connectivity index (χ4n) is 3.56. The summed E-state index contributed by atoms with van der Waals surface area (Å²) in [6.07, 6.45) is 5.63. The van der Waals surface area contributed by atoms with E-state index in [1.807, 2.05) is 38.1 Å². The first kappa shape index (κ1) is 25.4. The molecule has 0 amide bonds. The molecule has 12 heteroatoms. The average Bonchev–Trinajstić information content (AvgIpc) is 3.32. The third-order valence-electron chi connectivity index (χ3n) is 5.31. The van der Waals surface area contributed by atoms with Gasteiger partial charge in [0.05, 0.1) is 13.7 Å². The topological polar surface area (TPSA) is 158 Å². The molecule has 0 bridgehead atoms. The van der Waals surface area contributed by atoms with E-state index in [-0.39, 0.29) is 5.95 Å². The lowest BCUT2D eigenvalue weighted by Crippen LogP contribution is -2.18. The van der Waals surface area contributed by atoms with E-state index in [0.717, 1.165) is 22.4 Å². The second-order valence-corrected chi connectivity index (χ2v) is 7.91. The summed E-state index contributed by atoms with van der Waals surface area (Å²) in [5, 5.41) is 7.89. The lowest BCUT2D eigenvalue weighted by atomic mass is 10.1. The van der Waals surface area contributed by atoms with Crippen LogP contribution >= 0.6 is 0 Å². The normalized spacial score (nSPS) is 12.2. The van der Waals surface area contributed by atoms with Gasteiger partial charge in [0.25, 0.3) is 11.8 Å². The number of aromatic amines is 1. The molecule has 1 aromatic carbocycles. The van der Waals surface area contributed by atoms with Crippen molar-refractivity contribution < 1.29 is 9.47 Å². The maximum Gasteiger partial charge on any atom is 0.350 e. The van der Waals surface area contributed by atoms with Gasteiger partial charge in [0.2, 0.25) is 0 Å². The van der Waals surface area contributed by atoms with E-state index in [4.69, 9.17) is 15.2 Å². The molecule has 1 atom stereocenters. The highest BCUT2D eigenvalue weighted by Crippen LogP contribution is 2.31. The van der Waals surface area contributed by atoms with Crippen LogP contribution in [0.2, 0.25) is 0 Å². The highest BCUT2D eigenvalue weighted by Gasteiger charge is 2.23. The largest absolute Gasteiger partial charge is 0.488 e. The number of anilines is 1. The minimum atomic E-state index is -0.604. The number of nitrogens with one attached hydrogen (secondary N) is 2. The molecule has 0 saturated carbocycles. The molecular weight excluding hydrogens is 474 g/mol. The van der Waals surface area contributed by atoms with Gasteiger partial charge in [-0.05, 0) is 49.7 Å². The van der Waals surface area contributed by atoms with Gasteiger partial charge >= 0.3 is 5.69 Å². The van der Waals surface area contributed by atoms with Crippen LogP contribution in [0.25, 0.3) is 5.95 Å². The first-order valence-electron chi connectivity index (χ1n) is 11.8. The summed E-state index contributed by atoms with van der Waals surface area (Å²) in [5.41, 5.74) is 7.88. The number of methoxy groups -OCH3 is 1. The number of nitrogens with zero attached hydrogens (tertiary/aromatic N) is 6. The molecule has 0 aliphatic carbocycles. The Morgan fingerprint density at radius 3 is 2.62 bits per heavy atom. The number of pyridine rings is 1. The summed E-state index contributed by atoms with van der Waals surface area (Å²) in [5.74, 6) is 1.80. The smallest absolute Gasteiger partial charge is 0.350 e. The number of nitrogens with two attached hydrogens (primary N) is 1. The zero-order valence-corrected chi connectivity index (χ0v) is 20.9. The Bertz CT molecular complexity index is 1400. The van der Waals surface area contributed by atoms with E-state index >= 15 is 0 Å². The molecule has 0 radical (unpaired) electrons. The van der Waals surface area contributed by atoms with Crippen LogP contribution in [0.15, 0.2) is 64.8 Å². The van der Waals surface area contributed by atoms with E-state index in [1.165, 1.54) is 19.5 Å². The molecule has 0 aliphatic rings. The third-order valence-corrected chi connectivity index (χ3v) is 5.31. The van der Waals surface area contributed by atoms with Crippen molar-refractivity contribution in [2.45, 2.75) is 26.3 Å². The van der Waals surface area contributed by atoms with Crippen molar-refractivity contribution in [2.75, 3.05) is 25.6 Å². The van der Waals surface area contributed by atoms with Gasteiger partial charge in [0.15, 0.2) is 11.6 Å². The number of ether oxygens (including phenoxy) is 2. The minimum absolute atomic E-state index is 0.155. The lowest BCUT2D eigenvalue weighted by molar-refractivity contribution is 0.303. The molecule has 4 N–H and O–H groups in total. The average molecular weight is 504 g/mol. The number of rotatable bonds is 11. The number of H-pyrrole nitrogens is 1. The summed E-state index contributed by atoms with van der Waals surface area (Å²) < 4.78 is 12.2. The van der Waals surface area contributed by atoms with Crippen LogP contribution in [-0.2, 0) is 0 Å². The highest BCUT2D eigenvalue weighted by atomic mass is 16.5. The van der Waals surface area contributed by atoms with Crippen molar-refractivity contribution in [3.05, 3.63) is 82.4 Å². The fourth-order valence-corrected chi connectivity index (χ4v) is 3.56. The van der Waals surface area contributed by atoms with Crippen LogP contribution in [-0.4, -0.2) is 55.8 Å². The monoisotopic (exact) mass is 503 g/mol. The zero-order chi connectivity index (χ0) is 26.2. The van der Waals surface area contributed by atoms with Crippen LogP contribution in [0.1, 0.15) is 43.3 Å². The predicted molar refractivity (Wildman–Crippen MR) is 140 cm³/mol. The number of benzene rings is 1. The van der Waals surface area contributed by atoms with Gasteiger partial charge in [0, 0.05) is 41.9 Å². The van der Waals surface area contributed by atoms with E-state index in [0.29, 0.717) is 42.0 Å². The number of hydrogen-bond acceptors (Lipinski definition) is 9. The fraction of sp³-hybridized carbons (Fsp3) is 0.280. The van der Waals surface area contributed by atoms with Crippen LogP contribution in [0.3, 0.4) is 0 Å². The molecule has 3 aromatic heterocycles. The summed E-state index contributed by atoms with van der Waals surface area (Å²) in [6, 6.07) is 10.4. The molecule has 3 heterocycles. The zero-order valence-electron chi connectivity index (χ0n) is 20.9. The Kier molecular flexibility index (Phi) is 8.08. The number of hydrogen-bond donors (Lipinski definition) is 3. The maximum absolute atomic E-state index is 12.8. The Morgan fingerprint density at radius 2 is 1.95 bits per heavy atom. The maximum atomic E-state index is 12.8. The van der Waals surface area contributed by atoms with Gasteiger partial charge in [0.1, 0.15) is 11.9 Å². The quantitative estimate of drug-likeness (QED) is 0.206. The molecule has 4 aromatic rings. The highest BCUT2D eigenvalue weighted by molar-refractivity contribution is 5.97. The van der Waals surface area contributed by atoms with E-state index in [9.17, 15) is 4.79 Å². The standard InChI is InChI=1S/C25H29N9O3/c1-4-11-27-21(26)16-7-9-18(10-8-16)31-20(17-14-19(37-5-2)23(36-3)30-15-17)22-32-25(35)34(33-22)24-28-12-6-13-29-24/h6-10,12-15,20,31H,4-5,11H2,1-3H3,(H2,26,27)(H,32,33,35). The molecular formula is C25H29N9O3. The van der Waals surface area contributed by atoms with Crippen molar-refractivity contribution >= 4 is 11.5 Å². The Morgan fingerprint density at radius 1 is 1.19 bits per heavy atom. The lowest BCUT2D eigenvalue weighted by Gasteiger charge is -2.19. The Labute approximate surface area is 213 Å². The number of aliphatic imine (C=N–C) groups is 1. The van der Waals surface area contributed by atoms with E-state index in [2.05, 4.69) is 35.3 Å². The molecule has 0 saturated heterocycles. The van der Waals surface area contributed by atoms with Gasteiger partial charge in [-0.25, -0.2) is 19.7 Å². The summed E-state index contributed by atoms with van der Waals surface area (Å²) in [6.45, 7) is 5.02. The number of amidine groups is 1. The molecule has 1 unspecified atom stereocenters. The van der Waals surface area contributed by atoms with Crippen molar-refractivity contribution in [1.82, 2.24) is 29.7 Å². The second-order valence-electron chi connectivity index (χ2n) is 7.91. The molecule has 0 fully saturated rings. The van der Waals surface area contributed by atoms with Crippen LogP contribution in [0.5, 0.6) is 11.6 Å². The minimum Gasteiger partial charge on any atom is -0.488 e. The molecule has 192 valence electrons. The van der Waals surface area contributed by atoms with Crippen molar-refractivity contribution in [3.8, 4) is 17.6 Å². The van der Waals surface area contributed by atoms with Crippen LogP contribution in [0, 0.1) is 0 Å². The van der Waals surface area contributed by atoms with E-state index < -0.39 is 11.7 Å². The van der Waals surface area contributed by atoms with E-state index in [1.54, 1.807) is 18.3 Å². The first-order chi connectivity index (χ1) is 18.0. The molecule has 0 spiro atoms. The van der Waals surface area contributed by atoms with Gasteiger partial charge in [-0.3, -0.25) is 9.98 Å². The first-order valence-corrected chi connectivity index (χ1v) is 11.8. The second kappa shape index (κ2) is 11.8. The Hall–Kier alpha value is -4.74.